The van der Waals surface area contributed by atoms with E-state index in [0.29, 0.717) is 22.1 Å². The van der Waals surface area contributed by atoms with E-state index in [9.17, 15) is 22.8 Å². The third kappa shape index (κ3) is 4.84. The lowest BCUT2D eigenvalue weighted by Crippen LogP contribution is -2.44. The van der Waals surface area contributed by atoms with E-state index in [4.69, 9.17) is 0 Å². The van der Waals surface area contributed by atoms with Crippen LogP contribution in [0.4, 0.5) is 18.3 Å². The summed E-state index contributed by atoms with van der Waals surface area (Å²) in [5.41, 5.74) is 6.37. The van der Waals surface area contributed by atoms with E-state index in [0.717, 1.165) is 14.7 Å². The first-order valence-corrected chi connectivity index (χ1v) is 10.4. The second-order valence-electron chi connectivity index (χ2n) is 7.02. The predicted octanol–water partition coefficient (Wildman–Crippen LogP) is 2.17. The normalized spacial score (nSPS) is 11.7. The molecule has 0 unspecified atom stereocenters. The number of hydrogen-bond acceptors (Lipinski definition) is 8. The van der Waals surface area contributed by atoms with Crippen molar-refractivity contribution < 1.29 is 22.8 Å². The zero-order chi connectivity index (χ0) is 23.8. The lowest BCUT2D eigenvalue weighted by atomic mass is 10.1. The minimum atomic E-state index is -4.71. The van der Waals surface area contributed by atoms with Gasteiger partial charge in [0.15, 0.2) is 5.13 Å². The molecule has 3 aromatic heterocycles. The molecule has 3 N–H and O–H groups in total. The summed E-state index contributed by atoms with van der Waals surface area (Å²) in [6.07, 6.45) is -4.94. The third-order valence-electron chi connectivity index (χ3n) is 4.68. The number of para-hydroxylation sites is 1. The number of rotatable bonds is 5. The molecule has 0 aliphatic carbocycles. The number of amides is 2. The molecule has 33 heavy (non-hydrogen) atoms. The first-order valence-electron chi connectivity index (χ1n) is 9.59. The molecule has 0 spiro atoms. The molecular weight excluding hydrogens is 461 g/mol. The summed E-state index contributed by atoms with van der Waals surface area (Å²) in [7, 11) is 0. The van der Waals surface area contributed by atoms with Gasteiger partial charge < -0.3 is 5.32 Å². The van der Waals surface area contributed by atoms with Gasteiger partial charge in [-0.3, -0.25) is 20.4 Å². The average Bonchev–Trinajstić information content (AvgIpc) is 3.37. The highest BCUT2D eigenvalue weighted by atomic mass is 32.1. The number of hydrogen-bond donors (Lipinski definition) is 3. The molecule has 3 heterocycles. The number of carbonyl (C=O) groups excluding carboxylic acids is 2. The van der Waals surface area contributed by atoms with Crippen molar-refractivity contribution in [3.63, 3.8) is 0 Å². The van der Waals surface area contributed by atoms with Gasteiger partial charge in [-0.05, 0) is 26.0 Å². The van der Waals surface area contributed by atoms with Gasteiger partial charge in [0, 0.05) is 17.0 Å². The third-order valence-corrected chi connectivity index (χ3v) is 5.67. The van der Waals surface area contributed by atoms with Gasteiger partial charge in [-0.15, -0.1) is 5.10 Å². The number of anilines is 1. The number of nitrogens with zero attached hydrogens (tertiary/aromatic N) is 5. The van der Waals surface area contributed by atoms with Crippen LogP contribution in [0, 0.1) is 13.8 Å². The van der Waals surface area contributed by atoms with Gasteiger partial charge in [-0.1, -0.05) is 23.5 Å². The van der Waals surface area contributed by atoms with E-state index in [1.54, 1.807) is 6.92 Å². The predicted molar refractivity (Wildman–Crippen MR) is 113 cm³/mol. The summed E-state index contributed by atoms with van der Waals surface area (Å²) in [6, 6.07) is 7.53. The fraction of sp³-hybridized carbons (Fsp3) is 0.263. The molecule has 0 saturated carbocycles. The Labute approximate surface area is 188 Å². The van der Waals surface area contributed by atoms with E-state index in [2.05, 4.69) is 36.2 Å². The summed E-state index contributed by atoms with van der Waals surface area (Å²) in [4.78, 5) is 36.1. The smallest absolute Gasteiger partial charge is 0.352 e. The van der Waals surface area contributed by atoms with Gasteiger partial charge in [-0.2, -0.15) is 18.2 Å². The van der Waals surface area contributed by atoms with Crippen molar-refractivity contribution >= 4 is 44.3 Å². The number of benzene rings is 1. The molecule has 0 aliphatic rings. The number of halogens is 3. The first-order chi connectivity index (χ1) is 15.6. The van der Waals surface area contributed by atoms with Crippen LogP contribution < -0.4 is 16.2 Å². The summed E-state index contributed by atoms with van der Waals surface area (Å²) < 4.78 is 40.6. The maximum Gasteiger partial charge on any atom is 0.453 e. The van der Waals surface area contributed by atoms with Crippen molar-refractivity contribution in [2.75, 3.05) is 11.9 Å². The van der Waals surface area contributed by atoms with Gasteiger partial charge in [0.05, 0.1) is 23.2 Å². The Kier molecular flexibility index (Phi) is 5.84. The topological polar surface area (TPSA) is 126 Å². The molecule has 2 amide bonds. The largest absolute Gasteiger partial charge is 0.453 e. The van der Waals surface area contributed by atoms with E-state index >= 15 is 0 Å². The van der Waals surface area contributed by atoms with Crippen molar-refractivity contribution in [1.29, 1.82) is 0 Å². The number of fused-ring (bicyclic) bond motifs is 2. The minimum Gasteiger partial charge on any atom is -0.352 e. The molecule has 14 heteroatoms. The Morgan fingerprint density at radius 3 is 2.52 bits per heavy atom. The van der Waals surface area contributed by atoms with Crippen LogP contribution in [-0.2, 0) is 22.2 Å². The summed E-state index contributed by atoms with van der Waals surface area (Å²) >= 11 is 1.39. The number of aromatic nitrogens is 5. The SMILES string of the molecule is Cc1nc2nc(C(F)(F)F)nn2c(C)c1CC(=O)NNC(=O)CNc1nc2ccccc2s1. The number of carbonyl (C=O) groups is 2. The molecule has 0 fully saturated rings. The van der Waals surface area contributed by atoms with E-state index in [1.165, 1.54) is 18.3 Å². The lowest BCUT2D eigenvalue weighted by Gasteiger charge is -2.11. The van der Waals surface area contributed by atoms with Crippen molar-refractivity contribution in [2.45, 2.75) is 26.4 Å². The molecule has 0 aliphatic heterocycles. The molecule has 0 saturated heterocycles. The fourth-order valence-corrected chi connectivity index (χ4v) is 3.94. The highest BCUT2D eigenvalue weighted by molar-refractivity contribution is 7.22. The molecule has 0 radical (unpaired) electrons. The summed E-state index contributed by atoms with van der Waals surface area (Å²) in [6.45, 7) is 2.95. The number of hydrazine groups is 1. The van der Waals surface area contributed by atoms with Crippen LogP contribution in [0.5, 0.6) is 0 Å². The molecular formula is C19H17F3N8O2S. The number of aryl methyl sites for hydroxylation is 2. The van der Waals surface area contributed by atoms with Crippen molar-refractivity contribution in [1.82, 2.24) is 35.4 Å². The van der Waals surface area contributed by atoms with Crippen LogP contribution in [0.1, 0.15) is 22.8 Å². The van der Waals surface area contributed by atoms with Crippen molar-refractivity contribution in [2.24, 2.45) is 0 Å². The Balaban J connectivity index is 1.35. The summed E-state index contributed by atoms with van der Waals surface area (Å²) in [5, 5.41) is 6.89. The van der Waals surface area contributed by atoms with Gasteiger partial charge >= 0.3 is 6.18 Å². The fourth-order valence-electron chi connectivity index (χ4n) is 3.08. The zero-order valence-corrected chi connectivity index (χ0v) is 18.1. The highest BCUT2D eigenvalue weighted by Crippen LogP contribution is 2.27. The van der Waals surface area contributed by atoms with Crippen LogP contribution in [0.15, 0.2) is 24.3 Å². The molecule has 10 nitrogen and oxygen atoms in total. The first kappa shape index (κ1) is 22.4. The maximum atomic E-state index is 12.9. The Morgan fingerprint density at radius 2 is 1.79 bits per heavy atom. The van der Waals surface area contributed by atoms with Gasteiger partial charge in [-0.25, -0.2) is 14.5 Å². The highest BCUT2D eigenvalue weighted by Gasteiger charge is 2.37. The van der Waals surface area contributed by atoms with E-state index in [-0.39, 0.29) is 18.7 Å². The Bertz CT molecular complexity index is 1330. The molecule has 0 atom stereocenters. The van der Waals surface area contributed by atoms with Crippen molar-refractivity contribution in [3.8, 4) is 0 Å². The minimum absolute atomic E-state index is 0.120. The van der Waals surface area contributed by atoms with Gasteiger partial charge in [0.2, 0.25) is 5.91 Å². The lowest BCUT2D eigenvalue weighted by molar-refractivity contribution is -0.144. The van der Waals surface area contributed by atoms with Crippen LogP contribution in [0.2, 0.25) is 0 Å². The van der Waals surface area contributed by atoms with Crippen LogP contribution >= 0.6 is 11.3 Å². The maximum absolute atomic E-state index is 12.9. The quantitative estimate of drug-likeness (QED) is 0.375. The number of alkyl halides is 3. The van der Waals surface area contributed by atoms with Crippen molar-refractivity contribution in [3.05, 3.63) is 47.0 Å². The Hall–Kier alpha value is -3.81. The van der Waals surface area contributed by atoms with Gasteiger partial charge in [0.1, 0.15) is 0 Å². The molecule has 1 aromatic carbocycles. The molecule has 4 aromatic rings. The second-order valence-corrected chi connectivity index (χ2v) is 8.05. The Morgan fingerprint density at radius 1 is 1.06 bits per heavy atom. The molecule has 172 valence electrons. The van der Waals surface area contributed by atoms with Gasteiger partial charge in [0.25, 0.3) is 17.5 Å². The molecule has 0 bridgehead atoms. The number of thiazole rings is 1. The standard InChI is InChI=1S/C19H17F3N8O2S/c1-9-11(10(2)30-17(24-9)26-16(29-30)19(20,21)22)7-14(31)27-28-15(32)8-23-18-25-12-5-3-4-6-13(12)33-18/h3-6H,7-8H2,1-2H3,(H,23,25)(H,27,31)(H,28,32). The second kappa shape index (κ2) is 8.61. The average molecular weight is 478 g/mol. The van der Waals surface area contributed by atoms with Crippen LogP contribution in [0.25, 0.3) is 16.0 Å². The van der Waals surface area contributed by atoms with E-state index in [1.807, 2.05) is 24.3 Å². The number of nitrogens with one attached hydrogen (secondary N) is 3. The zero-order valence-electron chi connectivity index (χ0n) is 17.3. The molecule has 4 rings (SSSR count). The van der Waals surface area contributed by atoms with Crippen LogP contribution in [-0.4, -0.2) is 42.9 Å². The van der Waals surface area contributed by atoms with E-state index < -0.39 is 23.8 Å². The van der Waals surface area contributed by atoms with Crippen LogP contribution in [0.3, 0.4) is 0 Å². The monoisotopic (exact) mass is 478 g/mol. The summed E-state index contributed by atoms with van der Waals surface area (Å²) in [5.74, 6) is -2.61.